The van der Waals surface area contributed by atoms with Gasteiger partial charge in [-0.05, 0) is 26.0 Å². The number of hydrogen-bond donors (Lipinski definition) is 2. The average molecular weight is 156 g/mol. The summed E-state index contributed by atoms with van der Waals surface area (Å²) in [6.45, 7) is 7.14. The zero-order valence-corrected chi connectivity index (χ0v) is 7.12. The average Bonchev–Trinajstić information content (AvgIpc) is 2.02. The van der Waals surface area contributed by atoms with Crippen LogP contribution in [0.3, 0.4) is 0 Å². The van der Waals surface area contributed by atoms with Crippen LogP contribution in [0.2, 0.25) is 0 Å². The van der Waals surface area contributed by atoms with Gasteiger partial charge in [0.05, 0.1) is 0 Å². The predicted octanol–water partition coefficient (Wildman–Crippen LogP) is 2.19. The van der Waals surface area contributed by atoms with Crippen LogP contribution in [0.5, 0.6) is 0 Å². The lowest BCUT2D eigenvalue weighted by atomic mass is 10.4. The summed E-state index contributed by atoms with van der Waals surface area (Å²) < 4.78 is 0. The van der Waals surface area contributed by atoms with Crippen molar-refractivity contribution in [1.82, 2.24) is 0 Å². The van der Waals surface area contributed by atoms with Gasteiger partial charge in [0.25, 0.3) is 0 Å². The van der Waals surface area contributed by atoms with Crippen molar-refractivity contribution in [1.29, 1.82) is 0 Å². The molecule has 2 nitrogen and oxygen atoms in total. The molecular formula is C9H16O2. The molecule has 0 aromatic heterocycles. The molecule has 0 aromatic rings. The van der Waals surface area contributed by atoms with Crippen molar-refractivity contribution >= 4 is 0 Å². The van der Waals surface area contributed by atoms with E-state index in [1.165, 1.54) is 0 Å². The molecule has 2 N–H and O–H groups in total. The molecule has 0 aromatic carbocycles. The molecule has 0 saturated heterocycles. The van der Waals surface area contributed by atoms with Crippen LogP contribution in [-0.4, -0.2) is 16.8 Å². The van der Waals surface area contributed by atoms with E-state index in [0.29, 0.717) is 0 Å². The van der Waals surface area contributed by atoms with E-state index in [1.54, 1.807) is 38.2 Å². The maximum Gasteiger partial charge on any atom is 0.111 e. The monoisotopic (exact) mass is 156 g/mol. The predicted molar refractivity (Wildman–Crippen MR) is 48.5 cm³/mol. The van der Waals surface area contributed by atoms with Gasteiger partial charge >= 0.3 is 0 Å². The van der Waals surface area contributed by atoms with E-state index >= 15 is 0 Å². The molecule has 0 saturated carbocycles. The third-order valence-corrected chi connectivity index (χ3v) is 0.699. The maximum absolute atomic E-state index is 8.72. The lowest BCUT2D eigenvalue weighted by molar-refractivity contribution is 0.318. The van der Waals surface area contributed by atoms with Crippen molar-refractivity contribution in [3.63, 3.8) is 0 Å². The molecular weight excluding hydrogens is 140 g/mol. The summed E-state index contributed by atoms with van der Waals surface area (Å²) in [6.07, 6.45) is 6.47. The number of aliphatic hydroxyl groups is 2. The quantitative estimate of drug-likeness (QED) is 0.475. The number of allylic oxidation sites excluding steroid dienone is 4. The number of rotatable bonds is 2. The molecule has 11 heavy (non-hydrogen) atoms. The van der Waals surface area contributed by atoms with Crippen molar-refractivity contribution in [3.8, 4) is 0 Å². The van der Waals surface area contributed by atoms with Gasteiger partial charge in [-0.25, -0.2) is 0 Å². The highest BCUT2D eigenvalue weighted by Crippen LogP contribution is 1.88. The third-order valence-electron chi connectivity index (χ3n) is 0.699. The van der Waals surface area contributed by atoms with Gasteiger partial charge in [0.1, 0.15) is 5.76 Å². The number of aliphatic hydroxyl groups excluding tert-OH is 2. The molecule has 0 aliphatic carbocycles. The second-order valence-corrected chi connectivity index (χ2v) is 1.62. The minimum Gasteiger partial charge on any atom is -0.508 e. The summed E-state index contributed by atoms with van der Waals surface area (Å²) in [4.78, 5) is 0. The normalized spacial score (nSPS) is 10.6. The molecule has 0 aliphatic rings. The highest BCUT2D eigenvalue weighted by atomic mass is 16.3. The van der Waals surface area contributed by atoms with Crippen molar-refractivity contribution in [2.75, 3.05) is 6.61 Å². The molecule has 2 heteroatoms. The molecule has 0 rings (SSSR count). The topological polar surface area (TPSA) is 40.5 Å². The van der Waals surface area contributed by atoms with Crippen molar-refractivity contribution in [2.24, 2.45) is 0 Å². The smallest absolute Gasteiger partial charge is 0.111 e. The van der Waals surface area contributed by atoms with Gasteiger partial charge in [-0.2, -0.15) is 0 Å². The molecule has 0 radical (unpaired) electrons. The van der Waals surface area contributed by atoms with E-state index in [-0.39, 0.29) is 12.4 Å². The van der Waals surface area contributed by atoms with Crippen molar-refractivity contribution < 1.29 is 10.2 Å². The molecule has 0 atom stereocenters. The van der Waals surface area contributed by atoms with Gasteiger partial charge in [0.2, 0.25) is 0 Å². The summed E-state index contributed by atoms with van der Waals surface area (Å²) >= 11 is 0. The minimum absolute atomic E-state index is 0.250. The Bertz CT molecular complexity index is 134. The third kappa shape index (κ3) is 17.6. The van der Waals surface area contributed by atoms with Gasteiger partial charge < -0.3 is 10.2 Å². The Balaban J connectivity index is 0. The van der Waals surface area contributed by atoms with E-state index in [9.17, 15) is 0 Å². The zero-order chi connectivity index (χ0) is 9.11. The Kier molecular flexibility index (Phi) is 13.5. The summed E-state index contributed by atoms with van der Waals surface area (Å²) in [7, 11) is 0. The van der Waals surface area contributed by atoms with Crippen LogP contribution in [0.4, 0.5) is 0 Å². The van der Waals surface area contributed by atoms with Crippen LogP contribution in [0.15, 0.2) is 36.6 Å². The molecule has 0 amide bonds. The molecule has 0 aliphatic heterocycles. The van der Waals surface area contributed by atoms with Gasteiger partial charge in [0.15, 0.2) is 0 Å². The van der Waals surface area contributed by atoms with Crippen LogP contribution >= 0.6 is 0 Å². The highest BCUT2D eigenvalue weighted by molar-refractivity contribution is 5.13. The number of hydrogen-bond acceptors (Lipinski definition) is 2. The van der Waals surface area contributed by atoms with Crippen molar-refractivity contribution in [2.45, 2.75) is 13.8 Å². The molecule has 0 bridgehead atoms. The summed E-state index contributed by atoms with van der Waals surface area (Å²) in [5, 5.41) is 16.3. The van der Waals surface area contributed by atoms with Crippen LogP contribution < -0.4 is 0 Å². The van der Waals surface area contributed by atoms with Gasteiger partial charge in [-0.15, -0.1) is 0 Å². The zero-order valence-electron chi connectivity index (χ0n) is 7.12. The molecule has 0 heterocycles. The lowest BCUT2D eigenvalue weighted by Crippen LogP contribution is -1.67. The largest absolute Gasteiger partial charge is 0.508 e. The molecule has 0 spiro atoms. The van der Waals surface area contributed by atoms with E-state index in [2.05, 4.69) is 6.58 Å². The first-order valence-electron chi connectivity index (χ1n) is 3.48. The second-order valence-electron chi connectivity index (χ2n) is 1.62. The Morgan fingerprint density at radius 2 is 2.00 bits per heavy atom. The second kappa shape index (κ2) is 11.7. The van der Waals surface area contributed by atoms with E-state index in [1.807, 2.05) is 0 Å². The summed E-state index contributed by atoms with van der Waals surface area (Å²) in [5.74, 6) is 0.268. The summed E-state index contributed by atoms with van der Waals surface area (Å²) in [6, 6.07) is 0. The fraction of sp³-hybridized carbons (Fsp3) is 0.333. The van der Waals surface area contributed by atoms with Gasteiger partial charge in [-0.3, -0.25) is 0 Å². The van der Waals surface area contributed by atoms with Gasteiger partial charge in [-0.1, -0.05) is 18.7 Å². The SMILES string of the molecule is C=C/C=C\C(O)=C/C.CCO. The Morgan fingerprint density at radius 3 is 2.27 bits per heavy atom. The first kappa shape index (κ1) is 12.6. The summed E-state index contributed by atoms with van der Waals surface area (Å²) in [5.41, 5.74) is 0. The fourth-order valence-corrected chi connectivity index (χ4v) is 0.263. The van der Waals surface area contributed by atoms with E-state index < -0.39 is 0 Å². The van der Waals surface area contributed by atoms with Crippen molar-refractivity contribution in [3.05, 3.63) is 36.6 Å². The van der Waals surface area contributed by atoms with E-state index in [0.717, 1.165) is 0 Å². The van der Waals surface area contributed by atoms with Gasteiger partial charge in [0, 0.05) is 6.61 Å². The lowest BCUT2D eigenvalue weighted by Gasteiger charge is -1.82. The van der Waals surface area contributed by atoms with Crippen LogP contribution in [-0.2, 0) is 0 Å². The van der Waals surface area contributed by atoms with E-state index in [4.69, 9.17) is 10.2 Å². The maximum atomic E-state index is 8.72. The Labute approximate surface area is 68.2 Å². The molecule has 0 unspecified atom stereocenters. The van der Waals surface area contributed by atoms with Crippen LogP contribution in [0.25, 0.3) is 0 Å². The first-order chi connectivity index (χ1) is 5.22. The first-order valence-corrected chi connectivity index (χ1v) is 3.48. The minimum atomic E-state index is 0.250. The standard InChI is InChI=1S/C7H10O.C2H6O/c1-3-5-6-7(8)4-2;1-2-3/h3-6,8H,1H2,2H3;3H,2H2,1H3/b6-5-,7-4+;. The fourth-order valence-electron chi connectivity index (χ4n) is 0.263. The Morgan fingerprint density at radius 1 is 1.55 bits per heavy atom. The highest BCUT2D eigenvalue weighted by Gasteiger charge is 1.73. The Hall–Kier alpha value is -1.02. The molecule has 64 valence electrons. The van der Waals surface area contributed by atoms with Crippen LogP contribution in [0.1, 0.15) is 13.8 Å². The van der Waals surface area contributed by atoms with Crippen LogP contribution in [0, 0.1) is 0 Å². The molecule has 0 fully saturated rings.